The maximum absolute atomic E-state index is 11.9. The summed E-state index contributed by atoms with van der Waals surface area (Å²) >= 11 is 6.46. The zero-order valence-corrected chi connectivity index (χ0v) is 13.5. The molecule has 0 spiro atoms. The van der Waals surface area contributed by atoms with Crippen LogP contribution in [0.1, 0.15) is 12.6 Å². The van der Waals surface area contributed by atoms with Crippen LogP contribution >= 0.6 is 22.9 Å². The van der Waals surface area contributed by atoms with Crippen LogP contribution in [-0.2, 0) is 20.0 Å². The molecule has 0 saturated heterocycles. The number of rotatable bonds is 7. The number of nitrogens with one attached hydrogen (secondary N) is 2. The maximum atomic E-state index is 11.9. The Balaban J connectivity index is 2.70. The Bertz CT molecular complexity index is 638. The van der Waals surface area contributed by atoms with Crippen LogP contribution in [0.5, 0.6) is 0 Å². The number of hydrogen-bond donors (Lipinski definition) is 2. The van der Waals surface area contributed by atoms with E-state index in [4.69, 9.17) is 11.6 Å². The van der Waals surface area contributed by atoms with Gasteiger partial charge in [0.15, 0.2) is 8.68 Å². The molecule has 0 amide bonds. The monoisotopic (exact) mass is 347 g/mol. The van der Waals surface area contributed by atoms with Gasteiger partial charge in [0.05, 0.1) is 11.4 Å². The maximum Gasteiger partial charge on any atom is 0.252 e. The van der Waals surface area contributed by atoms with Gasteiger partial charge >= 0.3 is 0 Å². The molecule has 0 aliphatic rings. The lowest BCUT2D eigenvalue weighted by atomic mass is 10.6. The third-order valence-electron chi connectivity index (χ3n) is 2.00. The lowest BCUT2D eigenvalue weighted by Crippen LogP contribution is -2.34. The first kappa shape index (κ1) is 16.8. The predicted molar refractivity (Wildman–Crippen MR) is 74.5 cm³/mol. The van der Waals surface area contributed by atoms with Gasteiger partial charge in [-0.2, -0.15) is 0 Å². The van der Waals surface area contributed by atoms with Gasteiger partial charge in [-0.1, -0.05) is 29.9 Å². The van der Waals surface area contributed by atoms with Gasteiger partial charge in [0, 0.05) is 13.1 Å². The number of aromatic nitrogens is 1. The van der Waals surface area contributed by atoms with E-state index in [1.165, 1.54) is 6.92 Å². The summed E-state index contributed by atoms with van der Waals surface area (Å²) in [6.07, 6.45) is 0. The molecule has 0 saturated carbocycles. The Morgan fingerprint density at radius 3 is 2.37 bits per heavy atom. The van der Waals surface area contributed by atoms with E-state index in [1.807, 2.05) is 0 Å². The fraction of sp³-hybridized carbons (Fsp3) is 0.625. The Kier molecular flexibility index (Phi) is 5.71. The van der Waals surface area contributed by atoms with Crippen molar-refractivity contribution >= 4 is 43.0 Å². The summed E-state index contributed by atoms with van der Waals surface area (Å²) in [5.74, 6) is -0.328. The zero-order chi connectivity index (χ0) is 14.7. The molecule has 11 heteroatoms. The number of aryl methyl sites for hydroxylation is 1. The smallest absolute Gasteiger partial charge is 0.229 e. The van der Waals surface area contributed by atoms with Crippen LogP contribution in [0.25, 0.3) is 0 Å². The van der Waals surface area contributed by atoms with Gasteiger partial charge in [-0.25, -0.2) is 31.3 Å². The van der Waals surface area contributed by atoms with Gasteiger partial charge in [0.25, 0.3) is 10.0 Å². The summed E-state index contributed by atoms with van der Waals surface area (Å²) in [7, 11) is -7.23. The van der Waals surface area contributed by atoms with Gasteiger partial charge in [0.1, 0.15) is 0 Å². The molecule has 1 aromatic heterocycles. The van der Waals surface area contributed by atoms with Crippen molar-refractivity contribution in [3.8, 4) is 0 Å². The second-order valence-electron chi connectivity index (χ2n) is 3.55. The van der Waals surface area contributed by atoms with Crippen molar-refractivity contribution < 1.29 is 16.8 Å². The highest BCUT2D eigenvalue weighted by Gasteiger charge is 2.21. The van der Waals surface area contributed by atoms with E-state index >= 15 is 0 Å². The molecule has 1 rings (SSSR count). The van der Waals surface area contributed by atoms with E-state index in [0.29, 0.717) is 0 Å². The third kappa shape index (κ3) is 4.97. The van der Waals surface area contributed by atoms with Crippen molar-refractivity contribution in [3.05, 3.63) is 10.2 Å². The lowest BCUT2D eigenvalue weighted by molar-refractivity contribution is 0.577. The third-order valence-corrected chi connectivity index (χ3v) is 6.80. The highest BCUT2D eigenvalue weighted by molar-refractivity contribution is 7.92. The Morgan fingerprint density at radius 2 is 1.89 bits per heavy atom. The van der Waals surface area contributed by atoms with E-state index in [1.54, 1.807) is 6.92 Å². The topological polar surface area (TPSA) is 105 Å². The fourth-order valence-electron chi connectivity index (χ4n) is 1.27. The largest absolute Gasteiger partial charge is 0.252 e. The molecule has 110 valence electrons. The summed E-state index contributed by atoms with van der Waals surface area (Å²) < 4.78 is 51.1. The van der Waals surface area contributed by atoms with Crippen LogP contribution in [0.2, 0.25) is 4.47 Å². The molecule has 0 radical (unpaired) electrons. The quantitative estimate of drug-likeness (QED) is 0.739. The van der Waals surface area contributed by atoms with E-state index in [0.717, 1.165) is 11.3 Å². The fourth-order valence-corrected chi connectivity index (χ4v) is 5.17. The van der Waals surface area contributed by atoms with Crippen molar-refractivity contribution in [1.82, 2.24) is 14.4 Å². The molecule has 7 nitrogen and oxygen atoms in total. The minimum Gasteiger partial charge on any atom is -0.229 e. The van der Waals surface area contributed by atoms with Crippen LogP contribution in [0, 0.1) is 6.92 Å². The molecule has 0 bridgehead atoms. The van der Waals surface area contributed by atoms with Crippen molar-refractivity contribution in [2.24, 2.45) is 0 Å². The molecule has 0 atom stereocenters. The number of sulfonamides is 2. The molecule has 0 fully saturated rings. The summed E-state index contributed by atoms with van der Waals surface area (Å²) in [6, 6.07) is 0. The second kappa shape index (κ2) is 6.46. The Labute approximate surface area is 121 Å². The lowest BCUT2D eigenvalue weighted by Gasteiger charge is -2.06. The Morgan fingerprint density at radius 1 is 1.26 bits per heavy atom. The molecule has 1 heterocycles. The second-order valence-corrected chi connectivity index (χ2v) is 9.02. The van der Waals surface area contributed by atoms with Crippen molar-refractivity contribution in [1.29, 1.82) is 0 Å². The first-order valence-corrected chi connectivity index (χ1v) is 9.61. The number of halogens is 1. The predicted octanol–water partition coefficient (Wildman–Crippen LogP) is 0.323. The first-order chi connectivity index (χ1) is 8.68. The van der Waals surface area contributed by atoms with Crippen LogP contribution in [0.3, 0.4) is 0 Å². The molecule has 0 aliphatic heterocycles. The van der Waals surface area contributed by atoms with E-state index in [9.17, 15) is 16.8 Å². The highest BCUT2D eigenvalue weighted by Crippen LogP contribution is 2.26. The first-order valence-electron chi connectivity index (χ1n) is 5.28. The summed E-state index contributed by atoms with van der Waals surface area (Å²) in [5.41, 5.74) is 0.289. The molecule has 2 N–H and O–H groups in total. The summed E-state index contributed by atoms with van der Waals surface area (Å²) in [6.45, 7) is 3.21. The standard InChI is InChI=1S/C8H14ClN3O4S3/c1-3-10-18(13,14)5-4-11-19(15,16)7-6(2)12-8(9)17-7/h10-11H,3-5H2,1-2H3. The molecule has 0 unspecified atom stereocenters. The van der Waals surface area contributed by atoms with E-state index < -0.39 is 20.0 Å². The van der Waals surface area contributed by atoms with Crippen molar-refractivity contribution in [2.45, 2.75) is 18.1 Å². The number of nitrogens with zero attached hydrogens (tertiary/aromatic N) is 1. The zero-order valence-electron chi connectivity index (χ0n) is 10.3. The highest BCUT2D eigenvalue weighted by atomic mass is 35.5. The van der Waals surface area contributed by atoms with Crippen LogP contribution < -0.4 is 9.44 Å². The molecule has 19 heavy (non-hydrogen) atoms. The average Bonchev–Trinajstić information content (AvgIpc) is 2.57. The van der Waals surface area contributed by atoms with Crippen LogP contribution in [-0.4, -0.2) is 40.7 Å². The van der Waals surface area contributed by atoms with Gasteiger partial charge < -0.3 is 0 Å². The van der Waals surface area contributed by atoms with Crippen LogP contribution in [0.15, 0.2) is 4.21 Å². The normalized spacial score (nSPS) is 12.8. The van der Waals surface area contributed by atoms with E-state index in [2.05, 4.69) is 14.4 Å². The van der Waals surface area contributed by atoms with Gasteiger partial charge in [-0.3, -0.25) is 0 Å². The number of hydrogen-bond acceptors (Lipinski definition) is 6. The van der Waals surface area contributed by atoms with Crippen LogP contribution in [0.4, 0.5) is 0 Å². The van der Waals surface area contributed by atoms with E-state index in [-0.39, 0.29) is 33.2 Å². The molecule has 0 aliphatic carbocycles. The molecular formula is C8H14ClN3O4S3. The summed E-state index contributed by atoms with van der Waals surface area (Å²) in [5, 5.41) is 0. The van der Waals surface area contributed by atoms with Gasteiger partial charge in [-0.15, -0.1) is 0 Å². The van der Waals surface area contributed by atoms with Gasteiger partial charge in [-0.05, 0) is 6.92 Å². The molecular weight excluding hydrogens is 334 g/mol. The average molecular weight is 348 g/mol. The number of thiazole rings is 1. The SMILES string of the molecule is CCNS(=O)(=O)CCNS(=O)(=O)c1sc(Cl)nc1C. The van der Waals surface area contributed by atoms with Crippen molar-refractivity contribution in [3.63, 3.8) is 0 Å². The van der Waals surface area contributed by atoms with Crippen molar-refractivity contribution in [2.75, 3.05) is 18.8 Å². The Hall–Kier alpha value is -0.260. The summed E-state index contributed by atoms with van der Waals surface area (Å²) in [4.78, 5) is 3.80. The molecule has 0 aromatic carbocycles. The minimum absolute atomic E-state index is 0.00153. The minimum atomic E-state index is -3.78. The molecule has 1 aromatic rings. The van der Waals surface area contributed by atoms with Gasteiger partial charge in [0.2, 0.25) is 10.0 Å².